The Balaban J connectivity index is 0.977. The molecule has 0 radical (unpaired) electrons. The standard InChI is InChI=1S/C32H31FN6O7S3/c33-19-3-6-24-22(12-19)28(41)23(31(43)44)14-39(24,20-4-5-20)37-9-7-36(8-10-37)34-17-47-15-18-16-49-30-26(29(42)38(30)27(18)32(45)46)35-25(40)13-21-2-1-11-48-21/h1-3,6,11-12,14,17,20,26,30H,4-5,7-10,13,15-16H2,(H2-,35,40,43,44,45,46)/p+1/t26-,30-,39?/m1/s1. The van der Waals surface area contributed by atoms with Crippen molar-refractivity contribution in [3.63, 3.8) is 0 Å². The minimum Gasteiger partial charge on any atom is -0.477 e. The van der Waals surface area contributed by atoms with Gasteiger partial charge in [-0.1, -0.05) is 6.07 Å². The van der Waals surface area contributed by atoms with Crippen molar-refractivity contribution in [2.24, 2.45) is 5.10 Å². The molecule has 5 aliphatic rings. The summed E-state index contributed by atoms with van der Waals surface area (Å²) >= 11 is 4.19. The molecular weight excluding hydrogens is 696 g/mol. The minimum atomic E-state index is -1.34. The van der Waals surface area contributed by atoms with E-state index in [-0.39, 0.29) is 39.8 Å². The number of nitrogens with one attached hydrogen (secondary N) is 1. The molecule has 4 aliphatic heterocycles. The number of thioether (sulfide) groups is 2. The highest BCUT2D eigenvalue weighted by atomic mass is 32.2. The molecule has 1 unspecified atom stereocenters. The van der Waals surface area contributed by atoms with Crippen molar-refractivity contribution in [1.82, 2.24) is 24.8 Å². The molecule has 3 fully saturated rings. The summed E-state index contributed by atoms with van der Waals surface area (Å²) in [5.74, 6) is -3.84. The van der Waals surface area contributed by atoms with Crippen LogP contribution < -0.4 is 9.91 Å². The molecule has 2 amide bonds. The van der Waals surface area contributed by atoms with Crippen LogP contribution in [0.4, 0.5) is 10.1 Å². The topological polar surface area (TPSA) is 160 Å². The highest BCUT2D eigenvalue weighted by Gasteiger charge is 2.56. The Hall–Kier alpha value is -4.03. The third kappa shape index (κ3) is 6.18. The van der Waals surface area contributed by atoms with E-state index in [2.05, 4.69) is 15.4 Å². The number of hydrogen-bond acceptors (Lipinski definition) is 11. The third-order valence-electron chi connectivity index (χ3n) is 9.22. The highest BCUT2D eigenvalue weighted by Crippen LogP contribution is 2.47. The highest BCUT2D eigenvalue weighted by molar-refractivity contribution is 8.12. The number of rotatable bonds is 11. The Bertz CT molecular complexity index is 1820. The predicted octanol–water partition coefficient (Wildman–Crippen LogP) is 2.71. The van der Waals surface area contributed by atoms with Crippen LogP contribution in [0.1, 0.15) is 28.1 Å². The maximum absolute atomic E-state index is 14.2. The number of quaternary nitrogens is 1. The molecular formula is C32H32FN6O7S3+. The molecule has 0 spiro atoms. The van der Waals surface area contributed by atoms with Gasteiger partial charge >= 0.3 is 11.9 Å². The largest absolute Gasteiger partial charge is 0.477 e. The lowest BCUT2D eigenvalue weighted by atomic mass is 9.96. The van der Waals surface area contributed by atoms with Gasteiger partial charge in [0.05, 0.1) is 43.7 Å². The number of benzene rings is 1. The smallest absolute Gasteiger partial charge is 0.352 e. The van der Waals surface area contributed by atoms with Crippen LogP contribution in [0.5, 0.6) is 0 Å². The van der Waals surface area contributed by atoms with Crippen LogP contribution in [-0.2, 0) is 25.6 Å². The van der Waals surface area contributed by atoms with Crippen molar-refractivity contribution in [1.29, 1.82) is 0 Å². The number of thiophene rings is 1. The maximum Gasteiger partial charge on any atom is 0.352 e. The molecule has 1 aromatic heterocycles. The number of fused-ring (bicyclic) bond motifs is 2. The van der Waals surface area contributed by atoms with E-state index in [1.54, 1.807) is 11.6 Å². The van der Waals surface area contributed by atoms with Crippen LogP contribution in [0, 0.1) is 5.82 Å². The lowest BCUT2D eigenvalue weighted by Gasteiger charge is -2.49. The van der Waals surface area contributed by atoms with Gasteiger partial charge in [0.1, 0.15) is 35.2 Å². The van der Waals surface area contributed by atoms with Gasteiger partial charge in [-0.2, -0.15) is 9.69 Å². The summed E-state index contributed by atoms with van der Waals surface area (Å²) in [6.45, 7) is 2.02. The number of hydrogen-bond donors (Lipinski definition) is 3. The number of aliphatic carboxylic acids is 2. The quantitative estimate of drug-likeness (QED) is 0.103. The van der Waals surface area contributed by atoms with Gasteiger partial charge in [-0.3, -0.25) is 24.3 Å². The van der Waals surface area contributed by atoms with Crippen LogP contribution in [0.15, 0.2) is 63.9 Å². The molecule has 0 bridgehead atoms. The number of carbonyl (C=O) groups excluding carboxylic acids is 3. The first-order valence-electron chi connectivity index (χ1n) is 15.6. The number of Topliss-reactive ketones (excluding diaryl/α,β-unsaturated/α-hetero) is 1. The van der Waals surface area contributed by atoms with Gasteiger partial charge in [0.15, 0.2) is 11.3 Å². The Morgan fingerprint density at radius 1 is 1.10 bits per heavy atom. The summed E-state index contributed by atoms with van der Waals surface area (Å²) in [6, 6.07) is 6.97. The van der Waals surface area contributed by atoms with E-state index in [9.17, 15) is 38.6 Å². The van der Waals surface area contributed by atoms with Gasteiger partial charge in [0.25, 0.3) is 5.91 Å². The fourth-order valence-corrected chi connectivity index (χ4v) is 9.71. The number of carboxylic acids is 2. The van der Waals surface area contributed by atoms with Gasteiger partial charge in [0.2, 0.25) is 11.7 Å². The number of piperazine rings is 1. The second-order valence-corrected chi connectivity index (χ2v) is 15.2. The summed E-state index contributed by atoms with van der Waals surface area (Å²) in [7, 11) is 0. The van der Waals surface area contributed by atoms with Gasteiger partial charge in [-0.15, -0.1) is 39.9 Å². The Kier molecular flexibility index (Phi) is 9.12. The molecule has 256 valence electrons. The molecule has 3 atom stereocenters. The van der Waals surface area contributed by atoms with E-state index >= 15 is 0 Å². The van der Waals surface area contributed by atoms with Gasteiger partial charge in [-0.25, -0.2) is 14.0 Å². The molecule has 2 aromatic rings. The predicted molar refractivity (Wildman–Crippen MR) is 183 cm³/mol. The first-order valence-corrected chi connectivity index (χ1v) is 18.6. The van der Waals surface area contributed by atoms with Crippen LogP contribution in [0.2, 0.25) is 0 Å². The zero-order valence-electron chi connectivity index (χ0n) is 26.0. The zero-order valence-corrected chi connectivity index (χ0v) is 28.4. The second kappa shape index (κ2) is 13.4. The number of halogens is 1. The normalized spacial score (nSPS) is 25.5. The fraction of sp³-hybridized carbons (Fsp3) is 0.375. The number of carbonyl (C=O) groups is 5. The van der Waals surface area contributed by atoms with Crippen molar-refractivity contribution in [2.75, 3.05) is 37.7 Å². The van der Waals surface area contributed by atoms with E-state index in [0.717, 1.165) is 23.8 Å². The number of β-lactam (4-membered cyclic amide) rings is 1. The molecule has 2 saturated heterocycles. The fourth-order valence-electron chi connectivity index (χ4n) is 6.82. The van der Waals surface area contributed by atoms with Gasteiger partial charge < -0.3 is 15.5 Å². The van der Waals surface area contributed by atoms with Crippen molar-refractivity contribution in [3.05, 3.63) is 75.0 Å². The van der Waals surface area contributed by atoms with Crippen LogP contribution in [-0.4, -0.2) is 115 Å². The maximum atomic E-state index is 14.2. The van der Waals surface area contributed by atoms with E-state index in [1.165, 1.54) is 52.0 Å². The summed E-state index contributed by atoms with van der Waals surface area (Å²) in [5.41, 5.74) is 2.48. The van der Waals surface area contributed by atoms with Crippen LogP contribution in [0.3, 0.4) is 0 Å². The molecule has 3 N–H and O–H groups in total. The summed E-state index contributed by atoms with van der Waals surface area (Å²) in [4.78, 5) is 65.0. The van der Waals surface area contributed by atoms with Crippen molar-refractivity contribution < 1.29 is 38.6 Å². The number of amides is 2. The SMILES string of the molecule is O=C(Cc1cccs1)N[C@@H]1C(=O)N2C(C(=O)O)=C(CSC=NN3CCN([N+]4(C5CC5)C=C(C(=O)O)C(=O)c5cc(F)ccc54)CC3)CS[C@H]12. The van der Waals surface area contributed by atoms with E-state index in [4.69, 9.17) is 0 Å². The number of nitrogens with zero attached hydrogens (tertiary/aromatic N) is 5. The molecule has 49 heavy (non-hydrogen) atoms. The lowest BCUT2D eigenvalue weighted by Crippen LogP contribution is -2.70. The van der Waals surface area contributed by atoms with Crippen molar-refractivity contribution >= 4 is 75.6 Å². The lowest BCUT2D eigenvalue weighted by molar-refractivity contribution is -0.150. The van der Waals surface area contributed by atoms with Crippen molar-refractivity contribution in [3.8, 4) is 0 Å². The first kappa shape index (κ1) is 33.5. The Morgan fingerprint density at radius 2 is 1.88 bits per heavy atom. The Morgan fingerprint density at radius 3 is 2.55 bits per heavy atom. The first-order chi connectivity index (χ1) is 23.6. The average molecular weight is 728 g/mol. The molecule has 1 aromatic carbocycles. The monoisotopic (exact) mass is 727 g/mol. The number of hydrazone groups is 1. The summed E-state index contributed by atoms with van der Waals surface area (Å²) in [5, 5.41) is 32.6. The molecule has 5 heterocycles. The summed E-state index contributed by atoms with van der Waals surface area (Å²) in [6.07, 6.45) is 3.35. The molecule has 17 heteroatoms. The van der Waals surface area contributed by atoms with E-state index < -0.39 is 40.9 Å². The number of ketones is 1. The second-order valence-electron chi connectivity index (χ2n) is 12.2. The van der Waals surface area contributed by atoms with E-state index in [1.807, 2.05) is 22.5 Å². The zero-order chi connectivity index (χ0) is 34.4. The third-order valence-corrected chi connectivity index (χ3v) is 12.2. The minimum absolute atomic E-state index is 0.0398. The molecule has 13 nitrogen and oxygen atoms in total. The van der Waals surface area contributed by atoms with Gasteiger partial charge in [-0.05, 0) is 29.2 Å². The van der Waals surface area contributed by atoms with Crippen molar-refractivity contribution in [2.45, 2.75) is 36.7 Å². The van der Waals surface area contributed by atoms with E-state index in [0.29, 0.717) is 48.9 Å². The molecule has 7 rings (SSSR count). The van der Waals surface area contributed by atoms with Crippen LogP contribution in [0.25, 0.3) is 0 Å². The number of carboxylic acid groups (broad SMARTS) is 2. The molecule has 1 saturated carbocycles. The summed E-state index contributed by atoms with van der Waals surface area (Å²) < 4.78 is 14.3. The average Bonchev–Trinajstić information content (AvgIpc) is 3.82. The molecule has 1 aliphatic carbocycles. The Labute approximate surface area is 292 Å². The van der Waals surface area contributed by atoms with Crippen LogP contribution >= 0.6 is 34.9 Å². The van der Waals surface area contributed by atoms with Gasteiger partial charge in [0, 0.05) is 35.3 Å².